The Bertz CT molecular complexity index is 333. The van der Waals surface area contributed by atoms with Crippen LogP contribution in [0.2, 0.25) is 0 Å². The third-order valence-electron chi connectivity index (χ3n) is 2.50. The van der Waals surface area contributed by atoms with Gasteiger partial charge in [-0.3, -0.25) is 4.79 Å². The van der Waals surface area contributed by atoms with Gasteiger partial charge in [0.25, 0.3) is 0 Å². The highest BCUT2D eigenvalue weighted by atomic mass is 32.2. The van der Waals surface area contributed by atoms with Crippen LogP contribution in [0.15, 0.2) is 0 Å². The van der Waals surface area contributed by atoms with Gasteiger partial charge < -0.3 is 9.84 Å². The van der Waals surface area contributed by atoms with Gasteiger partial charge in [0.2, 0.25) is 10.0 Å². The number of ether oxygens (including phenoxy) is 1. The molecule has 0 bridgehead atoms. The van der Waals surface area contributed by atoms with Crippen LogP contribution in [-0.2, 0) is 19.6 Å². The van der Waals surface area contributed by atoms with Crippen LogP contribution in [0, 0.1) is 5.41 Å². The number of rotatable bonds is 6. The van der Waals surface area contributed by atoms with Crippen LogP contribution in [0.3, 0.4) is 0 Å². The smallest absolute Gasteiger partial charge is 0.322 e. The molecule has 0 unspecified atom stereocenters. The van der Waals surface area contributed by atoms with Crippen molar-refractivity contribution in [3.63, 3.8) is 0 Å². The van der Waals surface area contributed by atoms with Crippen molar-refractivity contribution in [2.24, 2.45) is 5.41 Å². The Morgan fingerprint density at radius 1 is 1.53 bits per heavy atom. The molecule has 0 radical (unpaired) electrons. The molecule has 0 saturated heterocycles. The summed E-state index contributed by atoms with van der Waals surface area (Å²) in [6, 6.07) is 0. The Balaban J connectivity index is 2.40. The molecule has 0 aromatic carbocycles. The summed E-state index contributed by atoms with van der Waals surface area (Å²) >= 11 is 0. The molecular formula is C8H15NO5S. The number of hydrogen-bond donors (Lipinski definition) is 2. The van der Waals surface area contributed by atoms with Gasteiger partial charge >= 0.3 is 5.97 Å². The molecule has 6 nitrogen and oxygen atoms in total. The van der Waals surface area contributed by atoms with Crippen LogP contribution in [0.1, 0.15) is 12.8 Å². The average Bonchev–Trinajstić information content (AvgIpc) is 2.95. The van der Waals surface area contributed by atoms with E-state index >= 15 is 0 Å². The average molecular weight is 237 g/mol. The van der Waals surface area contributed by atoms with Gasteiger partial charge in [-0.2, -0.15) is 0 Å². The van der Waals surface area contributed by atoms with Gasteiger partial charge in [-0.05, 0) is 12.8 Å². The maximum Gasteiger partial charge on any atom is 0.322 e. The number of nitrogens with one attached hydrogen (secondary N) is 1. The number of aliphatic hydroxyl groups is 1. The highest BCUT2D eigenvalue weighted by Crippen LogP contribution is 2.44. The third-order valence-corrected chi connectivity index (χ3v) is 3.70. The Kier molecular flexibility index (Phi) is 3.69. The molecule has 2 N–H and O–H groups in total. The monoisotopic (exact) mass is 237 g/mol. The lowest BCUT2D eigenvalue weighted by atomic mass is 10.1. The molecule has 1 aliphatic rings. The Hall–Kier alpha value is -0.660. The van der Waals surface area contributed by atoms with Gasteiger partial charge in [-0.25, -0.2) is 13.1 Å². The molecule has 0 spiro atoms. The molecule has 15 heavy (non-hydrogen) atoms. The summed E-state index contributed by atoms with van der Waals surface area (Å²) < 4.78 is 29.1. The van der Waals surface area contributed by atoms with Crippen LogP contribution >= 0.6 is 0 Å². The van der Waals surface area contributed by atoms with E-state index in [-0.39, 0.29) is 18.6 Å². The van der Waals surface area contributed by atoms with Crippen molar-refractivity contribution in [1.82, 2.24) is 4.72 Å². The van der Waals surface area contributed by atoms with Gasteiger partial charge in [-0.15, -0.1) is 0 Å². The van der Waals surface area contributed by atoms with E-state index in [1.165, 1.54) is 0 Å². The molecule has 1 rings (SSSR count). The summed E-state index contributed by atoms with van der Waals surface area (Å²) in [6.07, 6.45) is 1.62. The second-order valence-corrected chi connectivity index (χ2v) is 5.62. The van der Waals surface area contributed by atoms with Gasteiger partial charge in [0.1, 0.15) is 0 Å². The van der Waals surface area contributed by atoms with Gasteiger partial charge in [0.05, 0.1) is 7.11 Å². The third kappa shape index (κ3) is 3.77. The van der Waals surface area contributed by atoms with Gasteiger partial charge in [-0.1, -0.05) is 0 Å². The van der Waals surface area contributed by atoms with Crippen molar-refractivity contribution in [3.8, 4) is 0 Å². The zero-order valence-corrected chi connectivity index (χ0v) is 9.34. The van der Waals surface area contributed by atoms with Gasteiger partial charge in [0.15, 0.2) is 5.75 Å². The fourth-order valence-corrected chi connectivity index (χ4v) is 2.15. The van der Waals surface area contributed by atoms with Crippen LogP contribution in [0.25, 0.3) is 0 Å². The fraction of sp³-hybridized carbons (Fsp3) is 0.875. The van der Waals surface area contributed by atoms with Crippen LogP contribution < -0.4 is 4.72 Å². The Labute approximate surface area is 88.7 Å². The standard InChI is InChI=1S/C8H15NO5S/c1-14-7(11)4-15(12,13)9-5-8(6-10)2-3-8/h9-10H,2-6H2,1H3. The number of carbonyl (C=O) groups is 1. The topological polar surface area (TPSA) is 92.7 Å². The Morgan fingerprint density at radius 3 is 2.53 bits per heavy atom. The largest absolute Gasteiger partial charge is 0.468 e. The molecular weight excluding hydrogens is 222 g/mol. The minimum atomic E-state index is -3.63. The molecule has 0 aliphatic heterocycles. The summed E-state index contributed by atoms with van der Waals surface area (Å²) in [4.78, 5) is 10.7. The van der Waals surface area contributed by atoms with E-state index in [1.807, 2.05) is 0 Å². The molecule has 88 valence electrons. The lowest BCUT2D eigenvalue weighted by Crippen LogP contribution is -2.35. The fourth-order valence-electron chi connectivity index (χ4n) is 1.10. The number of esters is 1. The highest BCUT2D eigenvalue weighted by molar-refractivity contribution is 7.90. The minimum Gasteiger partial charge on any atom is -0.468 e. The first-order chi connectivity index (χ1) is 6.93. The van der Waals surface area contributed by atoms with E-state index in [1.54, 1.807) is 0 Å². The van der Waals surface area contributed by atoms with E-state index in [0.717, 1.165) is 20.0 Å². The molecule has 0 aromatic heterocycles. The molecule has 1 aliphatic carbocycles. The maximum atomic E-state index is 11.3. The van der Waals surface area contributed by atoms with Crippen LogP contribution in [-0.4, -0.2) is 45.5 Å². The summed E-state index contributed by atoms with van der Waals surface area (Å²) in [5, 5.41) is 8.95. The van der Waals surface area contributed by atoms with E-state index in [0.29, 0.717) is 0 Å². The highest BCUT2D eigenvalue weighted by Gasteiger charge is 2.42. The first-order valence-electron chi connectivity index (χ1n) is 4.58. The summed E-state index contributed by atoms with van der Waals surface area (Å²) in [7, 11) is -2.50. The normalized spacial score (nSPS) is 18.5. The maximum absolute atomic E-state index is 11.3. The minimum absolute atomic E-state index is 0.0340. The van der Waals surface area contributed by atoms with Crippen molar-refractivity contribution >= 4 is 16.0 Å². The van der Waals surface area contributed by atoms with Crippen molar-refractivity contribution in [2.75, 3.05) is 26.0 Å². The zero-order valence-electron chi connectivity index (χ0n) is 8.52. The van der Waals surface area contributed by atoms with Crippen LogP contribution in [0.4, 0.5) is 0 Å². The van der Waals surface area contributed by atoms with Crippen molar-refractivity contribution in [1.29, 1.82) is 0 Å². The molecule has 0 aromatic rings. The number of hydrogen-bond acceptors (Lipinski definition) is 5. The van der Waals surface area contributed by atoms with Crippen molar-refractivity contribution < 1.29 is 23.1 Å². The quantitative estimate of drug-likeness (QED) is 0.569. The van der Waals surface area contributed by atoms with Gasteiger partial charge in [0, 0.05) is 18.6 Å². The molecule has 1 saturated carbocycles. The number of methoxy groups -OCH3 is 1. The second-order valence-electron chi connectivity index (χ2n) is 3.81. The summed E-state index contributed by atoms with van der Waals surface area (Å²) in [6.45, 7) is 0.149. The summed E-state index contributed by atoms with van der Waals surface area (Å²) in [5.74, 6) is -1.47. The van der Waals surface area contributed by atoms with Crippen LogP contribution in [0.5, 0.6) is 0 Å². The zero-order chi connectivity index (χ0) is 11.5. The molecule has 7 heteroatoms. The van der Waals surface area contributed by atoms with E-state index in [4.69, 9.17) is 5.11 Å². The van der Waals surface area contributed by atoms with Crippen molar-refractivity contribution in [2.45, 2.75) is 12.8 Å². The lowest BCUT2D eigenvalue weighted by molar-refractivity contribution is -0.137. The number of carbonyl (C=O) groups excluding carboxylic acids is 1. The molecule has 0 heterocycles. The molecule has 0 atom stereocenters. The first-order valence-corrected chi connectivity index (χ1v) is 6.23. The number of aliphatic hydroxyl groups excluding tert-OH is 1. The first kappa shape index (κ1) is 12.4. The second kappa shape index (κ2) is 4.46. The Morgan fingerprint density at radius 2 is 2.13 bits per heavy atom. The molecule has 0 amide bonds. The van der Waals surface area contributed by atoms with Crippen molar-refractivity contribution in [3.05, 3.63) is 0 Å². The predicted molar refractivity (Wildman–Crippen MR) is 52.6 cm³/mol. The summed E-state index contributed by atoms with van der Waals surface area (Å²) in [5.41, 5.74) is -0.302. The van der Waals surface area contributed by atoms with E-state index in [9.17, 15) is 13.2 Å². The number of sulfonamides is 1. The van der Waals surface area contributed by atoms with E-state index < -0.39 is 21.7 Å². The lowest BCUT2D eigenvalue weighted by Gasteiger charge is -2.12. The SMILES string of the molecule is COC(=O)CS(=O)(=O)NCC1(CO)CC1. The predicted octanol–water partition coefficient (Wildman–Crippen LogP) is -1.15. The molecule has 1 fully saturated rings. The van der Waals surface area contributed by atoms with E-state index in [2.05, 4.69) is 9.46 Å².